The Morgan fingerprint density at radius 1 is 1.37 bits per heavy atom. The minimum Gasteiger partial charge on any atom is -0.497 e. The van der Waals surface area contributed by atoms with Crippen molar-refractivity contribution < 1.29 is 9.13 Å². The predicted molar refractivity (Wildman–Crippen MR) is 76.5 cm³/mol. The van der Waals surface area contributed by atoms with E-state index in [1.807, 2.05) is 0 Å². The highest BCUT2D eigenvalue weighted by Gasteiger charge is 2.32. The summed E-state index contributed by atoms with van der Waals surface area (Å²) in [5.41, 5.74) is 0.737. The maximum atomic E-state index is 14.0. The van der Waals surface area contributed by atoms with Crippen LogP contribution in [0.5, 0.6) is 5.75 Å². The number of ether oxygens (including phenoxy) is 1. The molecule has 3 nitrogen and oxygen atoms in total. The zero-order valence-corrected chi connectivity index (χ0v) is 12.0. The molecule has 0 amide bonds. The highest BCUT2D eigenvalue weighted by molar-refractivity contribution is 5.53. The van der Waals surface area contributed by atoms with Crippen LogP contribution < -0.4 is 15.0 Å². The SMILES string of the molecule is CCC1(CC)CN(c2cc(OC)ccc2F)CCN1. The van der Waals surface area contributed by atoms with Crippen molar-refractivity contribution in [3.63, 3.8) is 0 Å². The van der Waals surface area contributed by atoms with E-state index in [4.69, 9.17) is 4.74 Å². The molecule has 1 heterocycles. The molecule has 1 aliphatic heterocycles. The van der Waals surface area contributed by atoms with E-state index in [1.54, 1.807) is 19.2 Å². The molecule has 0 atom stereocenters. The maximum absolute atomic E-state index is 14.0. The Kier molecular flexibility index (Phi) is 4.30. The van der Waals surface area contributed by atoms with E-state index >= 15 is 0 Å². The lowest BCUT2D eigenvalue weighted by Crippen LogP contribution is -2.60. The highest BCUT2D eigenvalue weighted by atomic mass is 19.1. The van der Waals surface area contributed by atoms with Gasteiger partial charge in [-0.1, -0.05) is 13.8 Å². The maximum Gasteiger partial charge on any atom is 0.146 e. The van der Waals surface area contributed by atoms with E-state index in [2.05, 4.69) is 24.1 Å². The van der Waals surface area contributed by atoms with Crippen LogP contribution in [-0.2, 0) is 0 Å². The first-order valence-electron chi connectivity index (χ1n) is 6.97. The lowest BCUT2D eigenvalue weighted by atomic mass is 9.90. The minimum absolute atomic E-state index is 0.0910. The van der Waals surface area contributed by atoms with Crippen molar-refractivity contribution in [3.8, 4) is 5.75 Å². The van der Waals surface area contributed by atoms with E-state index in [9.17, 15) is 4.39 Å². The number of hydrogen-bond acceptors (Lipinski definition) is 3. The second-order valence-corrected chi connectivity index (χ2v) is 5.15. The zero-order chi connectivity index (χ0) is 13.9. The van der Waals surface area contributed by atoms with Crippen LogP contribution in [-0.4, -0.2) is 32.3 Å². The van der Waals surface area contributed by atoms with Gasteiger partial charge in [-0.2, -0.15) is 0 Å². The van der Waals surface area contributed by atoms with E-state index in [-0.39, 0.29) is 11.4 Å². The van der Waals surface area contributed by atoms with E-state index in [0.717, 1.165) is 32.5 Å². The Balaban J connectivity index is 2.26. The summed E-state index contributed by atoms with van der Waals surface area (Å²) in [5, 5.41) is 3.58. The Morgan fingerprint density at radius 3 is 2.74 bits per heavy atom. The normalized spacial score (nSPS) is 18.4. The van der Waals surface area contributed by atoms with Gasteiger partial charge in [-0.05, 0) is 25.0 Å². The number of anilines is 1. The summed E-state index contributed by atoms with van der Waals surface area (Å²) in [6, 6.07) is 4.93. The summed E-state index contributed by atoms with van der Waals surface area (Å²) in [6.07, 6.45) is 2.09. The molecule has 1 saturated heterocycles. The van der Waals surface area contributed by atoms with Crippen molar-refractivity contribution in [2.75, 3.05) is 31.6 Å². The quantitative estimate of drug-likeness (QED) is 0.907. The standard InChI is InChI=1S/C15H23FN2O/c1-4-15(5-2)11-18(9-8-17-15)14-10-12(19-3)6-7-13(14)16/h6-7,10,17H,4-5,8-9,11H2,1-3H3. The molecule has 0 aromatic heterocycles. The van der Waals surface area contributed by atoms with Gasteiger partial charge >= 0.3 is 0 Å². The van der Waals surface area contributed by atoms with Crippen LogP contribution in [0.4, 0.5) is 10.1 Å². The third kappa shape index (κ3) is 2.84. The van der Waals surface area contributed by atoms with Gasteiger partial charge < -0.3 is 15.0 Å². The molecular weight excluding hydrogens is 243 g/mol. The van der Waals surface area contributed by atoms with Gasteiger partial charge in [0.2, 0.25) is 0 Å². The summed E-state index contributed by atoms with van der Waals surface area (Å²) >= 11 is 0. The molecule has 4 heteroatoms. The fourth-order valence-corrected chi connectivity index (χ4v) is 2.75. The fraction of sp³-hybridized carbons (Fsp3) is 0.600. The molecule has 0 unspecified atom stereocenters. The molecule has 1 aromatic carbocycles. The zero-order valence-electron chi connectivity index (χ0n) is 12.0. The number of hydrogen-bond donors (Lipinski definition) is 1. The van der Waals surface area contributed by atoms with Crippen LogP contribution in [0, 0.1) is 5.82 Å². The predicted octanol–water partition coefficient (Wildman–Crippen LogP) is 2.80. The first kappa shape index (κ1) is 14.1. The van der Waals surface area contributed by atoms with Gasteiger partial charge in [0, 0.05) is 31.2 Å². The summed E-state index contributed by atoms with van der Waals surface area (Å²) in [5.74, 6) is 0.525. The van der Waals surface area contributed by atoms with Crippen molar-refractivity contribution in [1.82, 2.24) is 5.32 Å². The van der Waals surface area contributed by atoms with Gasteiger partial charge in [0.05, 0.1) is 12.8 Å². The highest BCUT2D eigenvalue weighted by Crippen LogP contribution is 2.29. The number of piperazine rings is 1. The third-order valence-electron chi connectivity index (χ3n) is 4.22. The molecule has 0 spiro atoms. The van der Waals surface area contributed by atoms with E-state index in [1.165, 1.54) is 6.07 Å². The number of benzene rings is 1. The number of methoxy groups -OCH3 is 1. The molecular formula is C15H23FN2O. The molecule has 0 radical (unpaired) electrons. The molecule has 2 rings (SSSR count). The van der Waals surface area contributed by atoms with Crippen LogP contribution >= 0.6 is 0 Å². The van der Waals surface area contributed by atoms with Crippen LogP contribution in [0.25, 0.3) is 0 Å². The molecule has 19 heavy (non-hydrogen) atoms. The van der Waals surface area contributed by atoms with Crippen molar-refractivity contribution >= 4 is 5.69 Å². The van der Waals surface area contributed by atoms with Gasteiger partial charge in [-0.25, -0.2) is 4.39 Å². The van der Waals surface area contributed by atoms with Gasteiger partial charge in [-0.15, -0.1) is 0 Å². The molecule has 0 saturated carbocycles. The van der Waals surface area contributed by atoms with Crippen LogP contribution in [0.1, 0.15) is 26.7 Å². The average molecular weight is 266 g/mol. The lowest BCUT2D eigenvalue weighted by Gasteiger charge is -2.44. The van der Waals surface area contributed by atoms with Gasteiger partial charge in [0.1, 0.15) is 11.6 Å². The van der Waals surface area contributed by atoms with E-state index in [0.29, 0.717) is 11.4 Å². The van der Waals surface area contributed by atoms with Gasteiger partial charge in [-0.3, -0.25) is 0 Å². The molecule has 0 aliphatic carbocycles. The van der Waals surface area contributed by atoms with Crippen LogP contribution in [0.2, 0.25) is 0 Å². The smallest absolute Gasteiger partial charge is 0.146 e. The molecule has 1 aliphatic rings. The number of nitrogens with one attached hydrogen (secondary N) is 1. The first-order valence-corrected chi connectivity index (χ1v) is 6.97. The number of rotatable bonds is 4. The molecule has 1 N–H and O–H groups in total. The largest absolute Gasteiger partial charge is 0.497 e. The molecule has 1 aromatic rings. The number of nitrogens with zero attached hydrogens (tertiary/aromatic N) is 1. The topological polar surface area (TPSA) is 24.5 Å². The second kappa shape index (κ2) is 5.78. The monoisotopic (exact) mass is 266 g/mol. The second-order valence-electron chi connectivity index (χ2n) is 5.15. The Hall–Kier alpha value is -1.29. The average Bonchev–Trinajstić information content (AvgIpc) is 2.47. The van der Waals surface area contributed by atoms with Crippen molar-refractivity contribution in [2.24, 2.45) is 0 Å². The fourth-order valence-electron chi connectivity index (χ4n) is 2.75. The Bertz CT molecular complexity index is 432. The summed E-state index contributed by atoms with van der Waals surface area (Å²) in [6.45, 7) is 6.91. The molecule has 106 valence electrons. The van der Waals surface area contributed by atoms with Crippen LogP contribution in [0.15, 0.2) is 18.2 Å². The minimum atomic E-state index is -0.177. The number of halogens is 1. The molecule has 0 bridgehead atoms. The Morgan fingerprint density at radius 2 is 2.11 bits per heavy atom. The summed E-state index contributed by atoms with van der Waals surface area (Å²) in [7, 11) is 1.61. The van der Waals surface area contributed by atoms with Crippen molar-refractivity contribution in [2.45, 2.75) is 32.2 Å². The van der Waals surface area contributed by atoms with E-state index < -0.39 is 0 Å². The Labute approximate surface area is 114 Å². The first-order chi connectivity index (χ1) is 9.14. The van der Waals surface area contributed by atoms with Crippen molar-refractivity contribution in [1.29, 1.82) is 0 Å². The lowest BCUT2D eigenvalue weighted by molar-refractivity contribution is 0.276. The summed E-state index contributed by atoms with van der Waals surface area (Å²) in [4.78, 5) is 2.13. The third-order valence-corrected chi connectivity index (χ3v) is 4.22. The van der Waals surface area contributed by atoms with Gasteiger partial charge in [0.25, 0.3) is 0 Å². The van der Waals surface area contributed by atoms with Crippen molar-refractivity contribution in [3.05, 3.63) is 24.0 Å². The summed E-state index contributed by atoms with van der Waals surface area (Å²) < 4.78 is 19.2. The molecule has 1 fully saturated rings. The van der Waals surface area contributed by atoms with Crippen LogP contribution in [0.3, 0.4) is 0 Å². The van der Waals surface area contributed by atoms with Gasteiger partial charge in [0.15, 0.2) is 0 Å².